The van der Waals surface area contributed by atoms with Gasteiger partial charge in [0.2, 0.25) is 5.91 Å². The van der Waals surface area contributed by atoms with Crippen molar-refractivity contribution < 1.29 is 4.79 Å². The van der Waals surface area contributed by atoms with Crippen molar-refractivity contribution in [2.75, 3.05) is 5.32 Å². The van der Waals surface area contributed by atoms with Gasteiger partial charge in [0.15, 0.2) is 0 Å². The summed E-state index contributed by atoms with van der Waals surface area (Å²) in [6.45, 7) is 7.90. The zero-order valence-corrected chi connectivity index (χ0v) is 9.29. The van der Waals surface area contributed by atoms with E-state index in [1.54, 1.807) is 11.3 Å². The van der Waals surface area contributed by atoms with Crippen LogP contribution in [0.2, 0.25) is 0 Å². The fraction of sp³-hybridized carbons (Fsp3) is 0.500. The van der Waals surface area contributed by atoms with Crippen LogP contribution in [0.25, 0.3) is 0 Å². The molecule has 0 saturated heterocycles. The van der Waals surface area contributed by atoms with Crippen LogP contribution in [0.15, 0.2) is 6.07 Å². The number of hydrogen-bond acceptors (Lipinski definition) is 2. The van der Waals surface area contributed by atoms with Crippen molar-refractivity contribution >= 4 is 22.2 Å². The molecule has 13 heavy (non-hydrogen) atoms. The molecule has 1 rings (SSSR count). The second kappa shape index (κ2) is 3.92. The smallest absolute Gasteiger partial charge is 0.227 e. The number of anilines is 1. The Morgan fingerprint density at radius 3 is 2.46 bits per heavy atom. The molecule has 0 aliphatic rings. The lowest BCUT2D eigenvalue weighted by molar-refractivity contribution is -0.118. The summed E-state index contributed by atoms with van der Waals surface area (Å²) in [6, 6.07) is 2.01. The lowest BCUT2D eigenvalue weighted by atomic mass is 10.2. The van der Waals surface area contributed by atoms with Gasteiger partial charge in [-0.3, -0.25) is 4.79 Å². The van der Waals surface area contributed by atoms with Gasteiger partial charge in [-0.15, -0.1) is 11.3 Å². The second-order valence-corrected chi connectivity index (χ2v) is 4.75. The Hall–Kier alpha value is -0.830. The predicted octanol–water partition coefficient (Wildman–Crippen LogP) is 2.96. The second-order valence-electron chi connectivity index (χ2n) is 3.49. The molecule has 72 valence electrons. The summed E-state index contributed by atoms with van der Waals surface area (Å²) in [7, 11) is 0. The van der Waals surface area contributed by atoms with Crippen LogP contribution in [-0.4, -0.2) is 5.91 Å². The Kier molecular flexibility index (Phi) is 3.09. The molecule has 0 aliphatic carbocycles. The highest BCUT2D eigenvalue weighted by Gasteiger charge is 2.08. The zero-order valence-electron chi connectivity index (χ0n) is 8.47. The molecule has 0 saturated carbocycles. The van der Waals surface area contributed by atoms with Crippen LogP contribution in [0.1, 0.15) is 24.3 Å². The standard InChI is InChI=1S/C10H15NOS/c1-6(2)10(12)11-9-5-7(3)8(4)13-9/h5-6H,1-4H3,(H,11,12). The van der Waals surface area contributed by atoms with Crippen LogP contribution < -0.4 is 5.32 Å². The van der Waals surface area contributed by atoms with Gasteiger partial charge in [-0.25, -0.2) is 0 Å². The highest BCUT2D eigenvalue weighted by Crippen LogP contribution is 2.25. The molecular formula is C10H15NOS. The molecule has 1 aromatic heterocycles. The molecule has 1 amide bonds. The monoisotopic (exact) mass is 197 g/mol. The van der Waals surface area contributed by atoms with E-state index in [0.717, 1.165) is 5.00 Å². The van der Waals surface area contributed by atoms with Crippen molar-refractivity contribution in [1.82, 2.24) is 0 Å². The first kappa shape index (κ1) is 10.3. The largest absolute Gasteiger partial charge is 0.317 e. The number of nitrogens with one attached hydrogen (secondary N) is 1. The summed E-state index contributed by atoms with van der Waals surface area (Å²) in [5.74, 6) is 0.129. The first-order chi connectivity index (χ1) is 6.00. The van der Waals surface area contributed by atoms with Crippen molar-refractivity contribution in [3.8, 4) is 0 Å². The summed E-state index contributed by atoms with van der Waals surface area (Å²) in [5.41, 5.74) is 1.24. The Bertz CT molecular complexity index is 295. The fourth-order valence-electron chi connectivity index (χ4n) is 0.901. The van der Waals surface area contributed by atoms with Crippen molar-refractivity contribution in [2.45, 2.75) is 27.7 Å². The summed E-state index contributed by atoms with van der Waals surface area (Å²) in [4.78, 5) is 12.6. The molecule has 0 radical (unpaired) electrons. The first-order valence-corrected chi connectivity index (χ1v) is 5.20. The number of aryl methyl sites for hydroxylation is 2. The zero-order chi connectivity index (χ0) is 10.0. The molecule has 0 aliphatic heterocycles. The number of amides is 1. The SMILES string of the molecule is Cc1cc(NC(=O)C(C)C)sc1C. The number of hydrogen-bond donors (Lipinski definition) is 1. The average Bonchev–Trinajstić information content (AvgIpc) is 2.31. The maximum absolute atomic E-state index is 11.3. The van der Waals surface area contributed by atoms with Gasteiger partial charge in [-0.1, -0.05) is 13.8 Å². The normalized spacial score (nSPS) is 10.5. The lowest BCUT2D eigenvalue weighted by Crippen LogP contribution is -2.16. The maximum atomic E-state index is 11.3. The molecule has 3 heteroatoms. The number of rotatable bonds is 2. The van der Waals surface area contributed by atoms with Gasteiger partial charge >= 0.3 is 0 Å². The fourth-order valence-corrected chi connectivity index (χ4v) is 1.84. The molecule has 1 heterocycles. The van der Waals surface area contributed by atoms with Gasteiger partial charge in [0.25, 0.3) is 0 Å². The van der Waals surface area contributed by atoms with E-state index in [1.165, 1.54) is 10.4 Å². The quantitative estimate of drug-likeness (QED) is 0.776. The van der Waals surface area contributed by atoms with Crippen LogP contribution >= 0.6 is 11.3 Å². The van der Waals surface area contributed by atoms with E-state index in [0.29, 0.717) is 0 Å². The summed E-state index contributed by atoms with van der Waals surface area (Å²) >= 11 is 1.63. The van der Waals surface area contributed by atoms with Gasteiger partial charge in [0.1, 0.15) is 0 Å². The van der Waals surface area contributed by atoms with Crippen molar-refractivity contribution in [3.05, 3.63) is 16.5 Å². The highest BCUT2D eigenvalue weighted by molar-refractivity contribution is 7.16. The van der Waals surface area contributed by atoms with Crippen LogP contribution in [-0.2, 0) is 4.79 Å². The van der Waals surface area contributed by atoms with Crippen LogP contribution in [0.3, 0.4) is 0 Å². The van der Waals surface area contributed by atoms with Crippen molar-refractivity contribution in [3.63, 3.8) is 0 Å². The van der Waals surface area contributed by atoms with Gasteiger partial charge in [0, 0.05) is 10.8 Å². The molecule has 0 atom stereocenters. The average molecular weight is 197 g/mol. The van der Waals surface area contributed by atoms with Crippen LogP contribution in [0, 0.1) is 19.8 Å². The van der Waals surface area contributed by atoms with Crippen LogP contribution in [0.5, 0.6) is 0 Å². The summed E-state index contributed by atoms with van der Waals surface area (Å²) < 4.78 is 0. The molecule has 0 aromatic carbocycles. The van der Waals surface area contributed by atoms with Gasteiger partial charge < -0.3 is 5.32 Å². The number of carbonyl (C=O) groups excluding carboxylic acids is 1. The van der Waals surface area contributed by atoms with Gasteiger partial charge in [-0.05, 0) is 25.5 Å². The van der Waals surface area contributed by atoms with Gasteiger partial charge in [0.05, 0.1) is 5.00 Å². The Morgan fingerprint density at radius 2 is 2.08 bits per heavy atom. The first-order valence-electron chi connectivity index (χ1n) is 4.38. The third-order valence-corrected chi connectivity index (χ3v) is 3.00. The number of carbonyl (C=O) groups is 1. The molecule has 0 fully saturated rings. The molecule has 1 aromatic rings. The van der Waals surface area contributed by atoms with E-state index in [-0.39, 0.29) is 11.8 Å². The van der Waals surface area contributed by atoms with Gasteiger partial charge in [-0.2, -0.15) is 0 Å². The van der Waals surface area contributed by atoms with Crippen molar-refractivity contribution in [2.24, 2.45) is 5.92 Å². The Morgan fingerprint density at radius 1 is 1.46 bits per heavy atom. The predicted molar refractivity (Wildman–Crippen MR) is 57.3 cm³/mol. The third kappa shape index (κ3) is 2.56. The van der Waals surface area contributed by atoms with E-state index in [9.17, 15) is 4.79 Å². The highest BCUT2D eigenvalue weighted by atomic mass is 32.1. The topological polar surface area (TPSA) is 29.1 Å². The van der Waals surface area contributed by atoms with E-state index >= 15 is 0 Å². The van der Waals surface area contributed by atoms with E-state index in [2.05, 4.69) is 19.2 Å². The Balaban J connectivity index is 2.70. The van der Waals surface area contributed by atoms with Crippen LogP contribution in [0.4, 0.5) is 5.00 Å². The minimum absolute atomic E-state index is 0.0442. The lowest BCUT2D eigenvalue weighted by Gasteiger charge is -2.03. The minimum Gasteiger partial charge on any atom is -0.317 e. The Labute approximate surface area is 83.0 Å². The molecule has 0 unspecified atom stereocenters. The molecular weight excluding hydrogens is 182 g/mol. The molecule has 0 bridgehead atoms. The minimum atomic E-state index is 0.0442. The summed E-state index contributed by atoms with van der Waals surface area (Å²) in [5, 5.41) is 3.84. The number of thiophene rings is 1. The van der Waals surface area contributed by atoms with E-state index < -0.39 is 0 Å². The van der Waals surface area contributed by atoms with E-state index in [1.807, 2.05) is 19.9 Å². The molecule has 1 N–H and O–H groups in total. The maximum Gasteiger partial charge on any atom is 0.227 e. The molecule has 0 spiro atoms. The third-order valence-electron chi connectivity index (χ3n) is 1.94. The molecule has 2 nitrogen and oxygen atoms in total. The van der Waals surface area contributed by atoms with Crippen molar-refractivity contribution in [1.29, 1.82) is 0 Å². The summed E-state index contributed by atoms with van der Waals surface area (Å²) in [6.07, 6.45) is 0. The van der Waals surface area contributed by atoms with E-state index in [4.69, 9.17) is 0 Å².